The third-order valence-electron chi connectivity index (χ3n) is 4.82. The van der Waals surface area contributed by atoms with E-state index in [1.54, 1.807) is 7.11 Å². The summed E-state index contributed by atoms with van der Waals surface area (Å²) in [6.07, 6.45) is 7.94. The van der Waals surface area contributed by atoms with Crippen molar-refractivity contribution in [1.29, 1.82) is 0 Å². The monoisotopic (exact) mass is 292 g/mol. The Bertz CT molecular complexity index is 413. The van der Waals surface area contributed by atoms with Crippen LogP contribution in [-0.2, 0) is 11.2 Å². The molecule has 1 unspecified atom stereocenters. The van der Waals surface area contributed by atoms with Crippen molar-refractivity contribution in [3.05, 3.63) is 29.8 Å². The van der Waals surface area contributed by atoms with Crippen LogP contribution >= 0.6 is 0 Å². The Hall–Kier alpha value is -1.10. The van der Waals surface area contributed by atoms with E-state index >= 15 is 0 Å². The van der Waals surface area contributed by atoms with Crippen molar-refractivity contribution in [2.45, 2.75) is 56.6 Å². The predicted molar refractivity (Wildman–Crippen MR) is 85.3 cm³/mol. The van der Waals surface area contributed by atoms with Crippen molar-refractivity contribution in [2.24, 2.45) is 5.84 Å². The van der Waals surface area contributed by atoms with E-state index in [4.69, 9.17) is 15.3 Å². The van der Waals surface area contributed by atoms with E-state index in [0.717, 1.165) is 31.4 Å². The minimum absolute atomic E-state index is 0.0977. The number of hydrazine groups is 1. The first-order valence-corrected chi connectivity index (χ1v) is 7.88. The molecule has 0 bridgehead atoms. The molecule has 0 radical (unpaired) electrons. The summed E-state index contributed by atoms with van der Waals surface area (Å²) in [4.78, 5) is 0. The topological polar surface area (TPSA) is 56.5 Å². The molecule has 118 valence electrons. The number of methoxy groups -OCH3 is 2. The summed E-state index contributed by atoms with van der Waals surface area (Å²) in [5.74, 6) is 6.72. The predicted octanol–water partition coefficient (Wildman–Crippen LogP) is 2.81. The molecule has 0 saturated heterocycles. The fourth-order valence-electron chi connectivity index (χ4n) is 3.45. The SMILES string of the molecule is COc1ccc(CCC(NN)C2(OC)CCCCC2)cc1. The minimum atomic E-state index is -0.0977. The van der Waals surface area contributed by atoms with E-state index in [9.17, 15) is 0 Å². The summed E-state index contributed by atoms with van der Waals surface area (Å²) in [5, 5.41) is 0. The molecule has 21 heavy (non-hydrogen) atoms. The Morgan fingerprint density at radius 3 is 2.33 bits per heavy atom. The Labute approximate surface area is 128 Å². The van der Waals surface area contributed by atoms with Gasteiger partial charge in [0.2, 0.25) is 0 Å². The van der Waals surface area contributed by atoms with E-state index in [1.165, 1.54) is 24.8 Å². The second-order valence-electron chi connectivity index (χ2n) is 5.94. The molecule has 1 aromatic rings. The van der Waals surface area contributed by atoms with Crippen LogP contribution in [0.2, 0.25) is 0 Å². The highest BCUT2D eigenvalue weighted by Crippen LogP contribution is 2.35. The van der Waals surface area contributed by atoms with Crippen molar-refractivity contribution in [2.75, 3.05) is 14.2 Å². The molecule has 0 aromatic heterocycles. The van der Waals surface area contributed by atoms with E-state index < -0.39 is 0 Å². The zero-order valence-corrected chi connectivity index (χ0v) is 13.2. The first-order valence-electron chi connectivity index (χ1n) is 7.88. The summed E-state index contributed by atoms with van der Waals surface area (Å²) in [7, 11) is 3.51. The highest BCUT2D eigenvalue weighted by Gasteiger charge is 2.39. The van der Waals surface area contributed by atoms with Crippen LogP contribution < -0.4 is 16.0 Å². The van der Waals surface area contributed by atoms with Crippen LogP contribution in [0.5, 0.6) is 5.75 Å². The molecule has 0 heterocycles. The van der Waals surface area contributed by atoms with Crippen LogP contribution in [0.3, 0.4) is 0 Å². The highest BCUT2D eigenvalue weighted by molar-refractivity contribution is 5.27. The molecule has 1 atom stereocenters. The lowest BCUT2D eigenvalue weighted by atomic mass is 9.77. The van der Waals surface area contributed by atoms with Crippen LogP contribution in [0.25, 0.3) is 0 Å². The molecular weight excluding hydrogens is 264 g/mol. The lowest BCUT2D eigenvalue weighted by Crippen LogP contribution is -2.55. The Balaban J connectivity index is 1.97. The number of aryl methyl sites for hydroxylation is 1. The van der Waals surface area contributed by atoms with Gasteiger partial charge in [0.15, 0.2) is 0 Å². The summed E-state index contributed by atoms with van der Waals surface area (Å²) in [5.41, 5.74) is 4.21. The van der Waals surface area contributed by atoms with Gasteiger partial charge in [-0.1, -0.05) is 31.4 Å². The van der Waals surface area contributed by atoms with Crippen molar-refractivity contribution in [1.82, 2.24) is 5.43 Å². The van der Waals surface area contributed by atoms with Gasteiger partial charge in [0, 0.05) is 7.11 Å². The second-order valence-corrected chi connectivity index (χ2v) is 5.94. The van der Waals surface area contributed by atoms with Crippen LogP contribution in [-0.4, -0.2) is 25.9 Å². The Kier molecular flexibility index (Phi) is 6.03. The Morgan fingerprint density at radius 1 is 1.14 bits per heavy atom. The van der Waals surface area contributed by atoms with Gasteiger partial charge < -0.3 is 9.47 Å². The van der Waals surface area contributed by atoms with E-state index in [2.05, 4.69) is 17.6 Å². The highest BCUT2D eigenvalue weighted by atomic mass is 16.5. The molecule has 0 spiro atoms. The van der Waals surface area contributed by atoms with Gasteiger partial charge in [0.05, 0.1) is 18.8 Å². The number of nitrogens with two attached hydrogens (primary N) is 1. The normalized spacial score (nSPS) is 19.2. The minimum Gasteiger partial charge on any atom is -0.497 e. The third-order valence-corrected chi connectivity index (χ3v) is 4.82. The van der Waals surface area contributed by atoms with Crippen LogP contribution in [0, 0.1) is 0 Å². The summed E-state index contributed by atoms with van der Waals surface area (Å²) in [6, 6.07) is 8.45. The molecule has 4 nitrogen and oxygen atoms in total. The van der Waals surface area contributed by atoms with Crippen LogP contribution in [0.15, 0.2) is 24.3 Å². The lowest BCUT2D eigenvalue weighted by molar-refractivity contribution is -0.0692. The van der Waals surface area contributed by atoms with Crippen molar-refractivity contribution in [3.63, 3.8) is 0 Å². The number of rotatable bonds is 7. The average Bonchev–Trinajstić information content (AvgIpc) is 2.56. The molecule has 1 aromatic carbocycles. The Morgan fingerprint density at radius 2 is 1.81 bits per heavy atom. The lowest BCUT2D eigenvalue weighted by Gasteiger charge is -2.42. The van der Waals surface area contributed by atoms with Gasteiger partial charge in [0.25, 0.3) is 0 Å². The van der Waals surface area contributed by atoms with E-state index in [-0.39, 0.29) is 11.6 Å². The molecule has 0 amide bonds. The largest absolute Gasteiger partial charge is 0.497 e. The summed E-state index contributed by atoms with van der Waals surface area (Å²) < 4.78 is 11.1. The first-order chi connectivity index (χ1) is 10.2. The average molecular weight is 292 g/mol. The molecule has 1 saturated carbocycles. The smallest absolute Gasteiger partial charge is 0.118 e. The molecule has 2 rings (SSSR count). The molecule has 1 aliphatic rings. The van der Waals surface area contributed by atoms with Crippen molar-refractivity contribution < 1.29 is 9.47 Å². The molecule has 1 aliphatic carbocycles. The second kappa shape index (κ2) is 7.78. The zero-order chi connectivity index (χ0) is 15.1. The molecule has 3 N–H and O–H groups in total. The summed E-state index contributed by atoms with van der Waals surface area (Å²) >= 11 is 0. The third kappa shape index (κ3) is 3.96. The van der Waals surface area contributed by atoms with Gasteiger partial charge in [0.1, 0.15) is 5.75 Å². The summed E-state index contributed by atoms with van der Waals surface area (Å²) in [6.45, 7) is 0. The van der Waals surface area contributed by atoms with Gasteiger partial charge in [-0.05, 0) is 43.4 Å². The van der Waals surface area contributed by atoms with Crippen molar-refractivity contribution in [3.8, 4) is 5.75 Å². The van der Waals surface area contributed by atoms with Gasteiger partial charge in [-0.2, -0.15) is 0 Å². The zero-order valence-electron chi connectivity index (χ0n) is 13.2. The van der Waals surface area contributed by atoms with Gasteiger partial charge in [-0.25, -0.2) is 0 Å². The number of benzene rings is 1. The fourth-order valence-corrected chi connectivity index (χ4v) is 3.45. The molecular formula is C17H28N2O2. The van der Waals surface area contributed by atoms with E-state index in [1.807, 2.05) is 19.2 Å². The first kappa shape index (κ1) is 16.3. The van der Waals surface area contributed by atoms with Crippen LogP contribution in [0.1, 0.15) is 44.1 Å². The molecule has 1 fully saturated rings. The molecule has 0 aliphatic heterocycles. The maximum Gasteiger partial charge on any atom is 0.118 e. The molecule has 4 heteroatoms. The maximum absolute atomic E-state index is 5.89. The van der Waals surface area contributed by atoms with Crippen LogP contribution in [0.4, 0.5) is 0 Å². The number of ether oxygens (including phenoxy) is 2. The fraction of sp³-hybridized carbons (Fsp3) is 0.647. The van der Waals surface area contributed by atoms with Gasteiger partial charge in [-0.3, -0.25) is 11.3 Å². The quantitative estimate of drug-likeness (QED) is 0.599. The number of nitrogens with one attached hydrogen (secondary N) is 1. The number of hydrogen-bond acceptors (Lipinski definition) is 4. The number of hydrogen-bond donors (Lipinski definition) is 2. The van der Waals surface area contributed by atoms with Gasteiger partial charge in [-0.15, -0.1) is 0 Å². The maximum atomic E-state index is 5.89. The standard InChI is InChI=1S/C17H28N2O2/c1-20-15-9-6-14(7-10-15)8-11-16(19-18)17(21-2)12-4-3-5-13-17/h6-7,9-10,16,19H,3-5,8,11-13,18H2,1-2H3. The van der Waals surface area contributed by atoms with Crippen molar-refractivity contribution >= 4 is 0 Å². The van der Waals surface area contributed by atoms with Gasteiger partial charge >= 0.3 is 0 Å². The van der Waals surface area contributed by atoms with E-state index in [0.29, 0.717) is 0 Å².